The van der Waals surface area contributed by atoms with Gasteiger partial charge >= 0.3 is 0 Å². The molecule has 2 unspecified atom stereocenters. The van der Waals surface area contributed by atoms with Crippen LogP contribution in [0.1, 0.15) is 38.7 Å². The number of benzene rings is 1. The zero-order chi connectivity index (χ0) is 17.4. The molecule has 0 bridgehead atoms. The molecule has 0 aliphatic carbocycles. The van der Waals surface area contributed by atoms with E-state index in [-0.39, 0.29) is 5.92 Å². The van der Waals surface area contributed by atoms with Gasteiger partial charge in [0.1, 0.15) is 0 Å². The second kappa shape index (κ2) is 9.37. The van der Waals surface area contributed by atoms with Crippen LogP contribution in [0, 0.1) is 5.92 Å². The first-order valence-corrected chi connectivity index (χ1v) is 8.32. The minimum Gasteiger partial charge on any atom is -0.0992 e. The second-order valence-corrected chi connectivity index (χ2v) is 6.35. The van der Waals surface area contributed by atoms with Crippen molar-refractivity contribution in [3.05, 3.63) is 95.6 Å². The van der Waals surface area contributed by atoms with Crippen LogP contribution in [-0.4, -0.2) is 0 Å². The van der Waals surface area contributed by atoms with Crippen LogP contribution in [0.25, 0.3) is 0 Å². The van der Waals surface area contributed by atoms with E-state index in [9.17, 15) is 0 Å². The van der Waals surface area contributed by atoms with Crippen LogP contribution in [0.5, 0.6) is 0 Å². The lowest BCUT2D eigenvalue weighted by Crippen LogP contribution is -2.11. The van der Waals surface area contributed by atoms with E-state index >= 15 is 0 Å². The van der Waals surface area contributed by atoms with E-state index in [0.717, 1.165) is 28.2 Å². The Kier molecular flexibility index (Phi) is 7.85. The van der Waals surface area contributed by atoms with Crippen molar-refractivity contribution >= 4 is 11.6 Å². The summed E-state index contributed by atoms with van der Waals surface area (Å²) in [5, 5.41) is 0.728. The minimum atomic E-state index is 0.0443. The van der Waals surface area contributed by atoms with E-state index in [4.69, 9.17) is 11.6 Å². The van der Waals surface area contributed by atoms with Crippen molar-refractivity contribution in [2.24, 2.45) is 5.92 Å². The predicted octanol–water partition coefficient (Wildman–Crippen LogP) is 7.18. The number of hydrogen-bond acceptors (Lipinski definition) is 0. The molecule has 0 aromatic heterocycles. The first-order valence-electron chi connectivity index (χ1n) is 7.95. The number of allylic oxidation sites excluding steroid dienone is 7. The molecule has 1 aromatic carbocycles. The Morgan fingerprint density at radius 3 is 2.30 bits per heavy atom. The number of hydrogen-bond donors (Lipinski definition) is 0. The first kappa shape index (κ1) is 19.3. The normalized spacial score (nSPS) is 15.0. The maximum atomic E-state index is 6.41. The Bertz CT molecular complexity index is 617. The van der Waals surface area contributed by atoms with Gasteiger partial charge in [-0.1, -0.05) is 98.0 Å². The second-order valence-electron chi connectivity index (χ2n) is 5.95. The molecular formula is C22H27Cl. The zero-order valence-corrected chi connectivity index (χ0v) is 15.2. The van der Waals surface area contributed by atoms with Crippen molar-refractivity contribution in [1.82, 2.24) is 0 Å². The third-order valence-corrected chi connectivity index (χ3v) is 4.41. The standard InChI is InChI=1S/C22H27Cl/c1-7-12-20(21(23)8-2)22(16(3)4)18(6)15-17(5)19-13-10-9-11-14-19/h7-14,17,22H,1,3,6,15H2,2,4-5H3/b20-12+,21-8+. The fourth-order valence-corrected chi connectivity index (χ4v) is 3.02. The molecule has 2 atom stereocenters. The maximum Gasteiger partial charge on any atom is 0.0404 e. The van der Waals surface area contributed by atoms with Crippen LogP contribution < -0.4 is 0 Å². The summed E-state index contributed by atoms with van der Waals surface area (Å²) < 4.78 is 0. The van der Waals surface area contributed by atoms with Crippen molar-refractivity contribution in [2.45, 2.75) is 33.1 Å². The van der Waals surface area contributed by atoms with Crippen LogP contribution in [0.2, 0.25) is 0 Å². The van der Waals surface area contributed by atoms with Gasteiger partial charge in [0.05, 0.1) is 0 Å². The average molecular weight is 327 g/mol. The van der Waals surface area contributed by atoms with Gasteiger partial charge in [0.2, 0.25) is 0 Å². The molecule has 122 valence electrons. The number of halogens is 1. The largest absolute Gasteiger partial charge is 0.0992 e. The molecule has 23 heavy (non-hydrogen) atoms. The summed E-state index contributed by atoms with van der Waals surface area (Å²) in [6.45, 7) is 18.5. The van der Waals surface area contributed by atoms with Crippen LogP contribution in [0.4, 0.5) is 0 Å². The first-order chi connectivity index (χ1) is 10.9. The summed E-state index contributed by atoms with van der Waals surface area (Å²) in [5.41, 5.74) is 4.51. The Labute approximate surface area is 146 Å². The summed E-state index contributed by atoms with van der Waals surface area (Å²) in [4.78, 5) is 0. The molecule has 0 N–H and O–H groups in total. The summed E-state index contributed by atoms with van der Waals surface area (Å²) in [7, 11) is 0. The van der Waals surface area contributed by atoms with E-state index in [1.165, 1.54) is 5.56 Å². The van der Waals surface area contributed by atoms with Gasteiger partial charge in [-0.25, -0.2) is 0 Å². The van der Waals surface area contributed by atoms with Gasteiger partial charge in [-0.05, 0) is 37.3 Å². The Balaban J connectivity index is 3.06. The quantitative estimate of drug-likeness (QED) is 0.350. The molecule has 0 spiro atoms. The molecule has 0 saturated heterocycles. The monoisotopic (exact) mass is 326 g/mol. The van der Waals surface area contributed by atoms with Crippen LogP contribution >= 0.6 is 11.6 Å². The topological polar surface area (TPSA) is 0 Å². The summed E-state index contributed by atoms with van der Waals surface area (Å²) in [6, 6.07) is 10.5. The van der Waals surface area contributed by atoms with Crippen molar-refractivity contribution < 1.29 is 0 Å². The number of rotatable bonds is 8. The van der Waals surface area contributed by atoms with E-state index in [0.29, 0.717) is 5.92 Å². The Hall–Kier alpha value is -1.79. The van der Waals surface area contributed by atoms with E-state index in [2.05, 4.69) is 50.9 Å². The van der Waals surface area contributed by atoms with Crippen LogP contribution in [0.15, 0.2) is 90.0 Å². The SMILES string of the molecule is C=C/C=C(\C(Cl)=C/C)C(C(=C)C)C(=C)CC(C)c1ccccc1. The smallest absolute Gasteiger partial charge is 0.0404 e. The Morgan fingerprint density at radius 2 is 1.83 bits per heavy atom. The maximum absolute atomic E-state index is 6.41. The average Bonchev–Trinajstić information content (AvgIpc) is 2.54. The highest BCUT2D eigenvalue weighted by atomic mass is 35.5. The highest BCUT2D eigenvalue weighted by Crippen LogP contribution is 2.37. The molecule has 1 heteroatoms. The molecule has 0 aliphatic heterocycles. The van der Waals surface area contributed by atoms with Gasteiger partial charge < -0.3 is 0 Å². The molecule has 0 nitrogen and oxygen atoms in total. The van der Waals surface area contributed by atoms with Gasteiger partial charge in [-0.3, -0.25) is 0 Å². The third-order valence-electron chi connectivity index (χ3n) is 3.98. The molecule has 0 aliphatic rings. The van der Waals surface area contributed by atoms with Crippen molar-refractivity contribution in [2.75, 3.05) is 0 Å². The van der Waals surface area contributed by atoms with Gasteiger partial charge in [-0.15, -0.1) is 0 Å². The minimum absolute atomic E-state index is 0.0443. The molecule has 1 rings (SSSR count). The highest BCUT2D eigenvalue weighted by Gasteiger charge is 2.22. The molecule has 0 radical (unpaired) electrons. The zero-order valence-electron chi connectivity index (χ0n) is 14.5. The lowest BCUT2D eigenvalue weighted by molar-refractivity contribution is 0.689. The summed E-state index contributed by atoms with van der Waals surface area (Å²) in [6.07, 6.45) is 6.52. The lowest BCUT2D eigenvalue weighted by atomic mass is 9.80. The van der Waals surface area contributed by atoms with E-state index in [1.54, 1.807) is 6.08 Å². The van der Waals surface area contributed by atoms with Crippen molar-refractivity contribution in [3.8, 4) is 0 Å². The predicted molar refractivity (Wildman–Crippen MR) is 105 cm³/mol. The fraction of sp³-hybridized carbons (Fsp3) is 0.273. The van der Waals surface area contributed by atoms with Gasteiger partial charge in [0.25, 0.3) is 0 Å². The third kappa shape index (κ3) is 5.41. The van der Waals surface area contributed by atoms with Crippen molar-refractivity contribution in [1.29, 1.82) is 0 Å². The lowest BCUT2D eigenvalue weighted by Gasteiger charge is -2.25. The Morgan fingerprint density at radius 1 is 1.22 bits per heavy atom. The van der Waals surface area contributed by atoms with E-state index < -0.39 is 0 Å². The molecule has 1 aromatic rings. The molecule has 0 amide bonds. The molecule has 0 fully saturated rings. The van der Waals surface area contributed by atoms with Crippen molar-refractivity contribution in [3.63, 3.8) is 0 Å². The fourth-order valence-electron chi connectivity index (χ4n) is 2.85. The highest BCUT2D eigenvalue weighted by molar-refractivity contribution is 6.32. The van der Waals surface area contributed by atoms with Crippen LogP contribution in [-0.2, 0) is 0 Å². The van der Waals surface area contributed by atoms with E-state index in [1.807, 2.05) is 32.1 Å². The molecule has 0 heterocycles. The van der Waals surface area contributed by atoms with Crippen LogP contribution in [0.3, 0.4) is 0 Å². The summed E-state index contributed by atoms with van der Waals surface area (Å²) in [5.74, 6) is 0.447. The summed E-state index contributed by atoms with van der Waals surface area (Å²) >= 11 is 6.41. The van der Waals surface area contributed by atoms with Gasteiger partial charge in [0.15, 0.2) is 0 Å². The molecule has 0 saturated carbocycles. The van der Waals surface area contributed by atoms with Gasteiger partial charge in [-0.2, -0.15) is 0 Å². The molecular weight excluding hydrogens is 300 g/mol. The van der Waals surface area contributed by atoms with Gasteiger partial charge in [0, 0.05) is 11.0 Å².